The van der Waals surface area contributed by atoms with E-state index in [1.165, 1.54) is 4.68 Å². The Morgan fingerprint density at radius 2 is 1.92 bits per heavy atom. The zero-order chi connectivity index (χ0) is 17.9. The average molecular weight is 372 g/mol. The Morgan fingerprint density at radius 3 is 2.46 bits per heavy atom. The fourth-order valence-corrected chi connectivity index (χ4v) is 3.07. The number of H-pyrrole nitrogens is 1. The molecule has 3 N–H and O–H groups in total. The summed E-state index contributed by atoms with van der Waals surface area (Å²) in [5.74, 6) is 0.126. The lowest BCUT2D eigenvalue weighted by molar-refractivity contribution is 0.150. The number of carbonyl (C=O) groups excluding carboxylic acids is 1. The Bertz CT molecular complexity index is 776. The minimum Gasteiger partial charge on any atom is -0.448 e. The molecule has 0 saturated heterocycles. The van der Waals surface area contributed by atoms with Gasteiger partial charge >= 0.3 is 6.09 Å². The first-order valence-corrected chi connectivity index (χ1v) is 8.22. The molecule has 24 heavy (non-hydrogen) atoms. The standard InChI is InChI=1S/C16H19Cl2N3O3/c1-9(2)14-13(7-10-5-11(17)8-12(18)6-10)15(22)21(20-14)3-4-24-16(19)23/h5-6,8-9,20H,3-4,7H2,1-2H3,(H2,19,23). The number of nitrogens with one attached hydrogen (secondary N) is 1. The van der Waals surface area contributed by atoms with Gasteiger partial charge in [-0.15, -0.1) is 0 Å². The second-order valence-electron chi connectivity index (χ2n) is 5.74. The molecule has 0 aliphatic rings. The van der Waals surface area contributed by atoms with E-state index in [0.29, 0.717) is 22.0 Å². The minimum atomic E-state index is -0.868. The molecule has 0 atom stereocenters. The number of aromatic nitrogens is 2. The predicted molar refractivity (Wildman–Crippen MR) is 93.9 cm³/mol. The topological polar surface area (TPSA) is 90.1 Å². The summed E-state index contributed by atoms with van der Waals surface area (Å²) in [4.78, 5) is 23.3. The van der Waals surface area contributed by atoms with E-state index in [2.05, 4.69) is 9.84 Å². The first kappa shape index (κ1) is 18.4. The van der Waals surface area contributed by atoms with E-state index in [4.69, 9.17) is 28.9 Å². The van der Waals surface area contributed by atoms with Gasteiger partial charge in [0.2, 0.25) is 0 Å². The summed E-state index contributed by atoms with van der Waals surface area (Å²) in [5.41, 5.74) is 7.08. The molecule has 6 nitrogen and oxygen atoms in total. The summed E-state index contributed by atoms with van der Waals surface area (Å²) in [7, 11) is 0. The second kappa shape index (κ2) is 7.77. The monoisotopic (exact) mass is 371 g/mol. The highest BCUT2D eigenvalue weighted by atomic mass is 35.5. The smallest absolute Gasteiger partial charge is 0.404 e. The number of amides is 1. The molecule has 0 bridgehead atoms. The van der Waals surface area contributed by atoms with Crippen LogP contribution in [0.15, 0.2) is 23.0 Å². The molecule has 0 radical (unpaired) electrons. The van der Waals surface area contributed by atoms with Gasteiger partial charge in [0, 0.05) is 27.7 Å². The Labute approximate surface area is 149 Å². The lowest BCUT2D eigenvalue weighted by Crippen LogP contribution is -2.24. The van der Waals surface area contributed by atoms with E-state index in [1.807, 2.05) is 13.8 Å². The first-order chi connectivity index (χ1) is 11.3. The van der Waals surface area contributed by atoms with Crippen molar-refractivity contribution in [3.63, 3.8) is 0 Å². The summed E-state index contributed by atoms with van der Waals surface area (Å²) in [6, 6.07) is 5.21. The molecule has 0 aliphatic carbocycles. The Balaban J connectivity index is 2.32. The van der Waals surface area contributed by atoms with Gasteiger partial charge in [-0.25, -0.2) is 9.48 Å². The maximum atomic E-state index is 12.6. The van der Waals surface area contributed by atoms with E-state index in [-0.39, 0.29) is 24.6 Å². The lowest BCUT2D eigenvalue weighted by atomic mass is 10.00. The van der Waals surface area contributed by atoms with Gasteiger partial charge in [0.05, 0.1) is 6.54 Å². The highest BCUT2D eigenvalue weighted by molar-refractivity contribution is 6.34. The van der Waals surface area contributed by atoms with Gasteiger partial charge < -0.3 is 10.5 Å². The quantitative estimate of drug-likeness (QED) is 0.815. The molecule has 0 saturated carbocycles. The van der Waals surface area contributed by atoms with Crippen LogP contribution in [0.4, 0.5) is 4.79 Å². The summed E-state index contributed by atoms with van der Waals surface area (Å²) < 4.78 is 6.10. The van der Waals surface area contributed by atoms with Crippen LogP contribution in [0.5, 0.6) is 0 Å². The third kappa shape index (κ3) is 4.55. The number of halogens is 2. The Hall–Kier alpha value is -1.92. The molecular weight excluding hydrogens is 353 g/mol. The number of aromatic amines is 1. The molecule has 2 rings (SSSR count). The largest absolute Gasteiger partial charge is 0.448 e. The highest BCUT2D eigenvalue weighted by Crippen LogP contribution is 2.23. The molecule has 1 aromatic carbocycles. The van der Waals surface area contributed by atoms with E-state index < -0.39 is 6.09 Å². The maximum absolute atomic E-state index is 12.6. The van der Waals surface area contributed by atoms with Crippen molar-refractivity contribution in [1.82, 2.24) is 9.78 Å². The summed E-state index contributed by atoms with van der Waals surface area (Å²) in [6.45, 7) is 4.21. The molecule has 0 fully saturated rings. The number of benzene rings is 1. The summed E-state index contributed by atoms with van der Waals surface area (Å²) in [6.07, 6.45) is -0.459. The van der Waals surface area contributed by atoms with Crippen LogP contribution in [0.3, 0.4) is 0 Å². The Kier molecular flexibility index (Phi) is 5.96. The number of hydrogen-bond acceptors (Lipinski definition) is 3. The maximum Gasteiger partial charge on any atom is 0.404 e. The van der Waals surface area contributed by atoms with Crippen LogP contribution in [0.2, 0.25) is 10.0 Å². The molecule has 1 amide bonds. The minimum absolute atomic E-state index is 0.0235. The third-order valence-corrected chi connectivity index (χ3v) is 3.96. The molecule has 0 aliphatic heterocycles. The fourth-order valence-electron chi connectivity index (χ4n) is 2.50. The number of rotatable bonds is 6. The third-order valence-electron chi connectivity index (χ3n) is 3.52. The molecule has 2 aromatic rings. The summed E-state index contributed by atoms with van der Waals surface area (Å²) in [5, 5.41) is 4.12. The first-order valence-electron chi connectivity index (χ1n) is 7.46. The van der Waals surface area contributed by atoms with Gasteiger partial charge in [-0.05, 0) is 29.7 Å². The molecule has 8 heteroatoms. The van der Waals surface area contributed by atoms with Gasteiger partial charge in [-0.3, -0.25) is 9.89 Å². The van der Waals surface area contributed by atoms with Crippen molar-refractivity contribution < 1.29 is 9.53 Å². The van der Waals surface area contributed by atoms with Crippen molar-refractivity contribution in [2.45, 2.75) is 32.7 Å². The van der Waals surface area contributed by atoms with Crippen LogP contribution in [-0.4, -0.2) is 22.5 Å². The zero-order valence-corrected chi connectivity index (χ0v) is 14.9. The molecule has 0 unspecified atom stereocenters. The van der Waals surface area contributed by atoms with Gasteiger partial charge in [0.1, 0.15) is 6.61 Å². The normalized spacial score (nSPS) is 11.0. The van der Waals surface area contributed by atoms with Crippen molar-refractivity contribution in [3.8, 4) is 0 Å². The van der Waals surface area contributed by atoms with Crippen LogP contribution in [-0.2, 0) is 17.7 Å². The van der Waals surface area contributed by atoms with Crippen molar-refractivity contribution >= 4 is 29.3 Å². The van der Waals surface area contributed by atoms with Crippen LogP contribution in [0, 0.1) is 0 Å². The fraction of sp³-hybridized carbons (Fsp3) is 0.375. The van der Waals surface area contributed by atoms with Crippen LogP contribution in [0.1, 0.15) is 36.6 Å². The lowest BCUT2D eigenvalue weighted by Gasteiger charge is -2.06. The molecule has 1 aromatic heterocycles. The van der Waals surface area contributed by atoms with Gasteiger partial charge in [-0.1, -0.05) is 37.0 Å². The van der Waals surface area contributed by atoms with E-state index in [9.17, 15) is 9.59 Å². The molecular formula is C16H19Cl2N3O3. The van der Waals surface area contributed by atoms with E-state index >= 15 is 0 Å². The number of ether oxygens (including phenoxy) is 1. The second-order valence-corrected chi connectivity index (χ2v) is 6.61. The van der Waals surface area contributed by atoms with Crippen molar-refractivity contribution in [3.05, 3.63) is 55.4 Å². The van der Waals surface area contributed by atoms with Gasteiger partial charge in [-0.2, -0.15) is 0 Å². The molecule has 130 valence electrons. The van der Waals surface area contributed by atoms with E-state index in [0.717, 1.165) is 11.3 Å². The van der Waals surface area contributed by atoms with Crippen molar-refractivity contribution in [1.29, 1.82) is 0 Å². The van der Waals surface area contributed by atoms with Crippen LogP contribution >= 0.6 is 23.2 Å². The number of nitrogens with zero attached hydrogens (tertiary/aromatic N) is 1. The molecule has 1 heterocycles. The van der Waals surface area contributed by atoms with Gasteiger partial charge in [0.25, 0.3) is 5.56 Å². The van der Waals surface area contributed by atoms with Gasteiger partial charge in [0.15, 0.2) is 0 Å². The van der Waals surface area contributed by atoms with E-state index in [1.54, 1.807) is 18.2 Å². The number of carbonyl (C=O) groups is 1. The zero-order valence-electron chi connectivity index (χ0n) is 13.4. The van der Waals surface area contributed by atoms with Crippen LogP contribution < -0.4 is 11.3 Å². The van der Waals surface area contributed by atoms with Crippen LogP contribution in [0.25, 0.3) is 0 Å². The predicted octanol–water partition coefficient (Wildman–Crippen LogP) is 3.29. The summed E-state index contributed by atoms with van der Waals surface area (Å²) >= 11 is 12.1. The Morgan fingerprint density at radius 1 is 1.29 bits per heavy atom. The molecule has 0 spiro atoms. The van der Waals surface area contributed by atoms with Crippen molar-refractivity contribution in [2.24, 2.45) is 5.73 Å². The number of primary amides is 1. The number of nitrogens with two attached hydrogens (primary N) is 1. The number of hydrogen-bond donors (Lipinski definition) is 2. The average Bonchev–Trinajstić information content (AvgIpc) is 2.75. The SMILES string of the molecule is CC(C)c1[nH]n(CCOC(N)=O)c(=O)c1Cc1cc(Cl)cc(Cl)c1. The highest BCUT2D eigenvalue weighted by Gasteiger charge is 2.17. The van der Waals surface area contributed by atoms with Crippen molar-refractivity contribution in [2.75, 3.05) is 6.61 Å².